The van der Waals surface area contributed by atoms with Crippen molar-refractivity contribution in [1.82, 2.24) is 20.6 Å². The predicted molar refractivity (Wildman–Crippen MR) is 99.2 cm³/mol. The lowest BCUT2D eigenvalue weighted by molar-refractivity contribution is 0.167. The van der Waals surface area contributed by atoms with Gasteiger partial charge in [-0.2, -0.15) is 0 Å². The molecule has 0 saturated carbocycles. The number of alkyl carbamates (subject to hydrolysis) is 1. The number of nitrogens with zero attached hydrogens (tertiary/aromatic N) is 1. The predicted octanol–water partition coefficient (Wildman–Crippen LogP) is 2.00. The maximum Gasteiger partial charge on any atom is 0.406 e. The molecule has 9 nitrogen and oxygen atoms in total. The van der Waals surface area contributed by atoms with Crippen LogP contribution in [0.25, 0.3) is 0 Å². The maximum absolute atomic E-state index is 11.9. The molecular formula is C17H29N5O4. The van der Waals surface area contributed by atoms with E-state index in [-0.39, 0.29) is 22.8 Å². The standard InChI is InChI=1S/C17H29N5O4/c1-11(9-17(3,4)6-7-18-16(25)26-5)10-19-15(24)22-14-20-12(2)8-13(23)21-14/h8,11H,6-7,9-10H2,1-5H3,(H,18,25)(H3,19,20,21,22,23,24). The average Bonchev–Trinajstić information content (AvgIpc) is 2.51. The average molecular weight is 367 g/mol. The van der Waals surface area contributed by atoms with E-state index < -0.39 is 12.1 Å². The molecule has 0 bridgehead atoms. The van der Waals surface area contributed by atoms with E-state index in [1.807, 2.05) is 6.92 Å². The SMILES string of the molecule is COC(=O)NCCC(C)(C)CC(C)CNC(=O)Nc1nc(C)cc(=O)[nH]1. The molecule has 0 spiro atoms. The highest BCUT2D eigenvalue weighted by Crippen LogP contribution is 2.28. The number of anilines is 1. The molecule has 0 fully saturated rings. The topological polar surface area (TPSA) is 125 Å². The van der Waals surface area contributed by atoms with Crippen molar-refractivity contribution in [2.75, 3.05) is 25.5 Å². The van der Waals surface area contributed by atoms with E-state index in [9.17, 15) is 14.4 Å². The molecule has 9 heteroatoms. The van der Waals surface area contributed by atoms with Crippen LogP contribution in [0.2, 0.25) is 0 Å². The molecule has 1 rings (SSSR count). The summed E-state index contributed by atoms with van der Waals surface area (Å²) in [6.07, 6.45) is 1.23. The Kier molecular flexibility index (Phi) is 8.08. The first-order chi connectivity index (χ1) is 12.1. The summed E-state index contributed by atoms with van der Waals surface area (Å²) in [5.41, 5.74) is 0.213. The van der Waals surface area contributed by atoms with Crippen molar-refractivity contribution in [1.29, 1.82) is 0 Å². The summed E-state index contributed by atoms with van der Waals surface area (Å²) >= 11 is 0. The van der Waals surface area contributed by atoms with E-state index in [1.165, 1.54) is 13.2 Å². The molecule has 26 heavy (non-hydrogen) atoms. The first-order valence-electron chi connectivity index (χ1n) is 8.56. The van der Waals surface area contributed by atoms with Gasteiger partial charge in [0.15, 0.2) is 0 Å². The first kappa shape index (κ1) is 21.5. The number of rotatable bonds is 8. The number of H-pyrrole nitrogens is 1. The number of amides is 3. The Morgan fingerprint density at radius 3 is 2.65 bits per heavy atom. The summed E-state index contributed by atoms with van der Waals surface area (Å²) in [7, 11) is 1.33. The molecule has 146 valence electrons. The van der Waals surface area contributed by atoms with Gasteiger partial charge in [0.1, 0.15) is 0 Å². The second-order valence-corrected chi connectivity index (χ2v) is 7.21. The number of hydrogen-bond donors (Lipinski definition) is 4. The fourth-order valence-corrected chi connectivity index (χ4v) is 2.75. The van der Waals surface area contributed by atoms with E-state index in [0.29, 0.717) is 18.8 Å². The van der Waals surface area contributed by atoms with Crippen molar-refractivity contribution in [2.45, 2.75) is 40.5 Å². The van der Waals surface area contributed by atoms with Crippen molar-refractivity contribution in [3.8, 4) is 0 Å². The third-order valence-electron chi connectivity index (χ3n) is 3.87. The van der Waals surface area contributed by atoms with Crippen LogP contribution in [0.1, 0.15) is 39.3 Å². The lowest BCUT2D eigenvalue weighted by atomic mass is 9.80. The van der Waals surface area contributed by atoms with Crippen molar-refractivity contribution >= 4 is 18.1 Å². The summed E-state index contributed by atoms with van der Waals surface area (Å²) in [5.74, 6) is 0.354. The minimum Gasteiger partial charge on any atom is -0.453 e. The lowest BCUT2D eigenvalue weighted by Gasteiger charge is -2.28. The van der Waals surface area contributed by atoms with Gasteiger partial charge < -0.3 is 15.4 Å². The van der Waals surface area contributed by atoms with Crippen LogP contribution in [-0.4, -0.2) is 42.3 Å². The van der Waals surface area contributed by atoms with Crippen molar-refractivity contribution in [3.63, 3.8) is 0 Å². The van der Waals surface area contributed by atoms with E-state index in [1.54, 1.807) is 6.92 Å². The number of nitrogens with one attached hydrogen (secondary N) is 4. The number of aromatic amines is 1. The number of hydrogen-bond acceptors (Lipinski definition) is 5. The van der Waals surface area contributed by atoms with E-state index in [0.717, 1.165) is 12.8 Å². The number of methoxy groups -OCH3 is 1. The molecule has 1 aromatic heterocycles. The number of aryl methyl sites for hydroxylation is 1. The summed E-state index contributed by atoms with van der Waals surface area (Å²) in [6, 6.07) is 0.929. The highest BCUT2D eigenvalue weighted by atomic mass is 16.5. The van der Waals surface area contributed by atoms with Crippen molar-refractivity contribution in [2.24, 2.45) is 11.3 Å². The van der Waals surface area contributed by atoms with E-state index >= 15 is 0 Å². The molecule has 4 N–H and O–H groups in total. The Hall–Kier alpha value is -2.58. The molecule has 0 aliphatic heterocycles. The number of carbonyl (C=O) groups excluding carboxylic acids is 2. The van der Waals surface area contributed by atoms with Gasteiger partial charge in [-0.05, 0) is 31.1 Å². The monoisotopic (exact) mass is 367 g/mol. The van der Waals surface area contributed by atoms with Crippen LogP contribution >= 0.6 is 0 Å². The Labute approximate surface area is 153 Å². The minimum absolute atomic E-state index is 0.00191. The third kappa shape index (κ3) is 8.50. The number of urea groups is 1. The summed E-state index contributed by atoms with van der Waals surface area (Å²) in [5, 5.41) is 7.96. The van der Waals surface area contributed by atoms with Crippen LogP contribution in [-0.2, 0) is 4.74 Å². The van der Waals surface area contributed by atoms with Crippen molar-refractivity contribution in [3.05, 3.63) is 22.1 Å². The minimum atomic E-state index is -0.435. The summed E-state index contributed by atoms with van der Waals surface area (Å²) in [4.78, 5) is 40.9. The van der Waals surface area contributed by atoms with Gasteiger partial charge >= 0.3 is 12.1 Å². The molecule has 0 aliphatic carbocycles. The van der Waals surface area contributed by atoms with Crippen LogP contribution in [0.15, 0.2) is 10.9 Å². The van der Waals surface area contributed by atoms with Gasteiger partial charge in [-0.25, -0.2) is 14.6 Å². The lowest BCUT2D eigenvalue weighted by Crippen LogP contribution is -2.35. The molecule has 1 heterocycles. The van der Waals surface area contributed by atoms with Crippen LogP contribution in [0.4, 0.5) is 15.5 Å². The highest BCUT2D eigenvalue weighted by molar-refractivity contribution is 5.87. The quantitative estimate of drug-likeness (QED) is 0.559. The van der Waals surface area contributed by atoms with Gasteiger partial charge in [0.05, 0.1) is 7.11 Å². The normalized spacial score (nSPS) is 12.2. The highest BCUT2D eigenvalue weighted by Gasteiger charge is 2.21. The molecule has 0 aromatic carbocycles. The van der Waals surface area contributed by atoms with E-state index in [4.69, 9.17) is 0 Å². The van der Waals surface area contributed by atoms with Gasteiger partial charge in [0.2, 0.25) is 5.95 Å². The van der Waals surface area contributed by atoms with Gasteiger partial charge in [-0.1, -0.05) is 20.8 Å². The van der Waals surface area contributed by atoms with Gasteiger partial charge in [0, 0.05) is 24.8 Å². The molecular weight excluding hydrogens is 338 g/mol. The van der Waals surface area contributed by atoms with E-state index in [2.05, 4.69) is 44.5 Å². The second-order valence-electron chi connectivity index (χ2n) is 7.21. The molecule has 0 aliphatic rings. The largest absolute Gasteiger partial charge is 0.453 e. The number of aromatic nitrogens is 2. The summed E-state index contributed by atoms with van der Waals surface area (Å²) < 4.78 is 4.54. The zero-order valence-electron chi connectivity index (χ0n) is 16.1. The smallest absolute Gasteiger partial charge is 0.406 e. The van der Waals surface area contributed by atoms with Gasteiger partial charge in [0.25, 0.3) is 5.56 Å². The molecule has 1 unspecified atom stereocenters. The third-order valence-corrected chi connectivity index (χ3v) is 3.87. The number of ether oxygens (including phenoxy) is 1. The fourth-order valence-electron chi connectivity index (χ4n) is 2.75. The van der Waals surface area contributed by atoms with Gasteiger partial charge in [-0.3, -0.25) is 15.1 Å². The van der Waals surface area contributed by atoms with Crippen LogP contribution in [0.5, 0.6) is 0 Å². The Bertz CT molecular complexity index is 671. The maximum atomic E-state index is 11.9. The van der Waals surface area contributed by atoms with Crippen LogP contribution in [0, 0.1) is 18.3 Å². The first-order valence-corrected chi connectivity index (χ1v) is 8.56. The van der Waals surface area contributed by atoms with Crippen LogP contribution < -0.4 is 21.5 Å². The Morgan fingerprint density at radius 1 is 1.35 bits per heavy atom. The Balaban J connectivity index is 2.37. The molecule has 1 aromatic rings. The molecule has 0 radical (unpaired) electrons. The van der Waals surface area contributed by atoms with Crippen LogP contribution in [0.3, 0.4) is 0 Å². The Morgan fingerprint density at radius 2 is 2.04 bits per heavy atom. The zero-order chi connectivity index (χ0) is 19.7. The molecule has 1 atom stereocenters. The fraction of sp³-hybridized carbons (Fsp3) is 0.647. The van der Waals surface area contributed by atoms with Crippen molar-refractivity contribution < 1.29 is 14.3 Å². The zero-order valence-corrected chi connectivity index (χ0v) is 16.1. The molecule has 3 amide bonds. The van der Waals surface area contributed by atoms with Gasteiger partial charge in [-0.15, -0.1) is 0 Å². The summed E-state index contributed by atoms with van der Waals surface area (Å²) in [6.45, 7) is 8.97. The number of carbonyl (C=O) groups is 2. The second kappa shape index (κ2) is 9.79. The molecule has 0 saturated heterocycles.